The molecule has 4 heteroatoms. The van der Waals surface area contributed by atoms with E-state index in [1.807, 2.05) is 38.6 Å². The van der Waals surface area contributed by atoms with E-state index < -0.39 is 0 Å². The average molecular weight is 251 g/mol. The summed E-state index contributed by atoms with van der Waals surface area (Å²) < 4.78 is 0. The first-order valence-corrected chi connectivity index (χ1v) is 5.53. The molecule has 0 spiro atoms. The van der Waals surface area contributed by atoms with Crippen LogP contribution in [0.5, 0.6) is 5.75 Å². The van der Waals surface area contributed by atoms with E-state index in [4.69, 9.17) is 11.6 Å². The molecule has 0 aliphatic rings. The number of benzene rings is 1. The van der Waals surface area contributed by atoms with Crippen molar-refractivity contribution >= 4 is 17.3 Å². The zero-order chi connectivity index (χ0) is 12.7. The number of anilines is 1. The molecule has 0 saturated heterocycles. The normalized spacial score (nSPS) is 9.12. The summed E-state index contributed by atoms with van der Waals surface area (Å²) in [5, 5.41) is 11.0. The Balaban J connectivity index is 0.000000171. The van der Waals surface area contributed by atoms with E-state index in [9.17, 15) is 5.11 Å². The second kappa shape index (κ2) is 6.76. The van der Waals surface area contributed by atoms with Gasteiger partial charge >= 0.3 is 0 Å². The third kappa shape index (κ3) is 5.22. The van der Waals surface area contributed by atoms with Crippen LogP contribution in [0, 0.1) is 0 Å². The maximum absolute atomic E-state index is 10.4. The van der Waals surface area contributed by atoms with Crippen LogP contribution in [-0.4, -0.2) is 14.1 Å². The molecule has 0 atom stereocenters. The van der Waals surface area contributed by atoms with Crippen LogP contribution in [0.3, 0.4) is 0 Å². The molecule has 0 bridgehead atoms. The van der Waals surface area contributed by atoms with Crippen LogP contribution in [0.25, 0.3) is 0 Å². The van der Waals surface area contributed by atoms with Crippen molar-refractivity contribution in [2.24, 2.45) is 0 Å². The first-order chi connectivity index (χ1) is 8.09. The number of pyridine rings is 1. The van der Waals surface area contributed by atoms with Gasteiger partial charge in [0.1, 0.15) is 0 Å². The molecule has 0 saturated carbocycles. The summed E-state index contributed by atoms with van der Waals surface area (Å²) in [6.45, 7) is 0. The summed E-state index contributed by atoms with van der Waals surface area (Å²) in [4.78, 5) is 5.02. The van der Waals surface area contributed by atoms with Crippen LogP contribution in [0.4, 0.5) is 5.69 Å². The van der Waals surface area contributed by atoms with Gasteiger partial charge in [-0.3, -0.25) is 0 Å². The van der Waals surface area contributed by atoms with Crippen LogP contribution in [0.15, 0.2) is 48.8 Å². The van der Waals surface area contributed by atoms with Gasteiger partial charge in [0.25, 0.3) is 0 Å². The topological polar surface area (TPSA) is 40.4 Å². The molecule has 17 heavy (non-hydrogen) atoms. The fraction of sp³-hybridized carbons (Fsp3) is 0.154. The summed E-state index contributed by atoms with van der Waals surface area (Å²) >= 11 is 5.47. The fourth-order valence-electron chi connectivity index (χ4n) is 1.11. The van der Waals surface area contributed by atoms with Gasteiger partial charge in [0, 0.05) is 36.9 Å². The Morgan fingerprint density at radius 3 is 1.88 bits per heavy atom. The van der Waals surface area contributed by atoms with Gasteiger partial charge in [-0.05, 0) is 12.1 Å². The third-order valence-electron chi connectivity index (χ3n) is 2.03. The summed E-state index contributed by atoms with van der Waals surface area (Å²) in [5.41, 5.74) is 1.22. The number of nitrogens with zero attached hydrogens (tertiary/aromatic N) is 1. The highest BCUT2D eigenvalue weighted by Crippen LogP contribution is 2.10. The molecular formula is C13H15ClN2O. The minimum absolute atomic E-state index is 0.00519. The SMILES string of the molecule is CN(C)c1cc[nH+]cc1.[O-]c1ccc(Cl)cc1. The van der Waals surface area contributed by atoms with Gasteiger partial charge in [0.15, 0.2) is 12.4 Å². The Morgan fingerprint density at radius 2 is 1.53 bits per heavy atom. The summed E-state index contributed by atoms with van der Waals surface area (Å²) in [6.07, 6.45) is 3.82. The summed E-state index contributed by atoms with van der Waals surface area (Å²) in [6, 6.07) is 10.1. The number of halogens is 1. The zero-order valence-corrected chi connectivity index (χ0v) is 10.6. The van der Waals surface area contributed by atoms with Crippen molar-refractivity contribution in [3.05, 3.63) is 53.8 Å². The highest BCUT2D eigenvalue weighted by molar-refractivity contribution is 6.30. The van der Waals surface area contributed by atoms with Crippen LogP contribution in [0.2, 0.25) is 5.02 Å². The number of aromatic nitrogens is 1. The molecule has 90 valence electrons. The van der Waals surface area contributed by atoms with E-state index in [-0.39, 0.29) is 5.75 Å². The zero-order valence-electron chi connectivity index (χ0n) is 9.85. The molecule has 2 aromatic rings. The molecule has 1 aromatic heterocycles. The van der Waals surface area contributed by atoms with E-state index in [0.29, 0.717) is 5.02 Å². The Morgan fingerprint density at radius 1 is 1.00 bits per heavy atom. The monoisotopic (exact) mass is 250 g/mol. The molecule has 3 nitrogen and oxygen atoms in total. The molecule has 1 aromatic carbocycles. The Bertz CT molecular complexity index is 408. The lowest BCUT2D eigenvalue weighted by molar-refractivity contribution is -0.377. The number of hydrogen-bond acceptors (Lipinski definition) is 2. The van der Waals surface area contributed by atoms with Crippen LogP contribution in [0.1, 0.15) is 0 Å². The van der Waals surface area contributed by atoms with Crippen molar-refractivity contribution in [2.45, 2.75) is 0 Å². The molecule has 0 aliphatic carbocycles. The molecule has 0 amide bonds. The Kier molecular flexibility index (Phi) is 5.30. The summed E-state index contributed by atoms with van der Waals surface area (Å²) in [5.74, 6) is -0.00519. The largest absolute Gasteiger partial charge is 0.872 e. The van der Waals surface area contributed by atoms with Crippen molar-refractivity contribution in [3.8, 4) is 5.75 Å². The predicted molar refractivity (Wildman–Crippen MR) is 68.2 cm³/mol. The number of nitrogens with one attached hydrogen (secondary N) is 1. The van der Waals surface area contributed by atoms with Crippen LogP contribution >= 0.6 is 11.6 Å². The molecule has 1 heterocycles. The molecule has 0 unspecified atom stereocenters. The van der Waals surface area contributed by atoms with Crippen LogP contribution in [-0.2, 0) is 0 Å². The number of hydrogen-bond donors (Lipinski definition) is 0. The van der Waals surface area contributed by atoms with E-state index in [1.54, 1.807) is 12.1 Å². The standard InChI is InChI=1S/C7H10N2.C6H5ClO/c1-9(2)7-3-5-8-6-4-7;7-5-1-3-6(8)4-2-5/h3-6H,1-2H3;1-4,8H. The van der Waals surface area contributed by atoms with Gasteiger partial charge in [-0.2, -0.15) is 0 Å². The maximum Gasteiger partial charge on any atom is 0.169 e. The van der Waals surface area contributed by atoms with E-state index in [0.717, 1.165) is 0 Å². The van der Waals surface area contributed by atoms with E-state index in [1.165, 1.54) is 17.8 Å². The average Bonchev–Trinajstić information content (AvgIpc) is 2.35. The second-order valence-corrected chi connectivity index (χ2v) is 4.04. The van der Waals surface area contributed by atoms with Crippen molar-refractivity contribution in [2.75, 3.05) is 19.0 Å². The van der Waals surface area contributed by atoms with Crippen molar-refractivity contribution in [1.82, 2.24) is 0 Å². The number of rotatable bonds is 1. The minimum atomic E-state index is -0.00519. The van der Waals surface area contributed by atoms with Gasteiger partial charge < -0.3 is 10.0 Å². The molecular weight excluding hydrogens is 236 g/mol. The van der Waals surface area contributed by atoms with E-state index in [2.05, 4.69) is 9.88 Å². The summed E-state index contributed by atoms with van der Waals surface area (Å²) in [7, 11) is 4.05. The second-order valence-electron chi connectivity index (χ2n) is 3.61. The smallest absolute Gasteiger partial charge is 0.169 e. The van der Waals surface area contributed by atoms with Crippen molar-refractivity contribution in [3.63, 3.8) is 0 Å². The molecule has 0 radical (unpaired) electrons. The van der Waals surface area contributed by atoms with Gasteiger partial charge in [-0.1, -0.05) is 23.7 Å². The lowest BCUT2D eigenvalue weighted by Gasteiger charge is -2.08. The van der Waals surface area contributed by atoms with Crippen molar-refractivity contribution < 1.29 is 10.1 Å². The Hall–Kier alpha value is -1.74. The minimum Gasteiger partial charge on any atom is -0.872 e. The van der Waals surface area contributed by atoms with Crippen molar-refractivity contribution in [1.29, 1.82) is 0 Å². The Labute approximate surface area is 106 Å². The molecule has 1 N–H and O–H groups in total. The number of aromatic amines is 1. The fourth-order valence-corrected chi connectivity index (χ4v) is 1.24. The highest BCUT2D eigenvalue weighted by atomic mass is 35.5. The van der Waals surface area contributed by atoms with E-state index >= 15 is 0 Å². The van der Waals surface area contributed by atoms with Gasteiger partial charge in [-0.25, -0.2) is 4.98 Å². The lowest BCUT2D eigenvalue weighted by atomic mass is 10.3. The third-order valence-corrected chi connectivity index (χ3v) is 2.28. The van der Waals surface area contributed by atoms with Gasteiger partial charge in [-0.15, -0.1) is 5.75 Å². The van der Waals surface area contributed by atoms with Gasteiger partial charge in [0.05, 0.1) is 0 Å². The lowest BCUT2D eigenvalue weighted by Crippen LogP contribution is -2.10. The quantitative estimate of drug-likeness (QED) is 0.777. The first kappa shape index (κ1) is 13.3. The van der Waals surface area contributed by atoms with Crippen LogP contribution < -0.4 is 15.0 Å². The predicted octanol–water partition coefficient (Wildman–Crippen LogP) is 1.98. The molecule has 2 rings (SSSR count). The first-order valence-electron chi connectivity index (χ1n) is 5.15. The maximum atomic E-state index is 10.4. The number of H-pyrrole nitrogens is 1. The van der Waals surface area contributed by atoms with Gasteiger partial charge in [0.2, 0.25) is 0 Å². The molecule has 0 aliphatic heterocycles. The molecule has 0 fully saturated rings. The highest BCUT2D eigenvalue weighted by Gasteiger charge is 1.91.